The van der Waals surface area contributed by atoms with Crippen LogP contribution in [-0.4, -0.2) is 83.1 Å². The Morgan fingerprint density at radius 3 is 1.74 bits per heavy atom. The molecular weight excluding hydrogens is 840 g/mol. The fourth-order valence-corrected chi connectivity index (χ4v) is 7.52. The standard InChI is InChI=1S/C51H61FO13/c1-8-9-10-12-35-14-16-36(17-15-35)40-22-24-42(43(52)28-40)38-20-18-37(19-21-38)39-23-25-44(41(27-39)13-11-26-61-45(53)33(2)3)62-29-51(30-63-46(54)34(4)5,31-64-49(57)47(55)59-6)32-65-50(58)48(56)60-7/h18-25,27-28,35-36H,2,4,8-17,26,29-32H2,1,3,5-7H3. The Labute approximate surface area is 380 Å². The lowest BCUT2D eigenvalue weighted by Gasteiger charge is -2.32. The predicted molar refractivity (Wildman–Crippen MR) is 240 cm³/mol. The number of rotatable bonds is 22. The molecule has 0 aromatic heterocycles. The SMILES string of the molecule is C=C(C)C(=O)OCCCc1cc(-c2ccc(-c3ccc(C4CCC(CCCCC)CC4)cc3F)cc2)ccc1OCC(COC(=O)C(=C)C)(COC(=O)C(=O)OC)COC(=O)C(=O)OC. The summed E-state index contributed by atoms with van der Waals surface area (Å²) >= 11 is 0. The van der Waals surface area contributed by atoms with Gasteiger partial charge in [-0.3, -0.25) is 0 Å². The molecule has 0 bridgehead atoms. The van der Waals surface area contributed by atoms with Gasteiger partial charge in [0.2, 0.25) is 0 Å². The van der Waals surface area contributed by atoms with Crippen molar-refractivity contribution < 1.29 is 66.3 Å². The van der Waals surface area contributed by atoms with Gasteiger partial charge in [-0.25, -0.2) is 33.2 Å². The molecule has 1 saturated carbocycles. The Morgan fingerprint density at radius 1 is 0.631 bits per heavy atom. The third-order valence-corrected chi connectivity index (χ3v) is 11.4. The van der Waals surface area contributed by atoms with Gasteiger partial charge in [-0.05, 0) is 110 Å². The highest BCUT2D eigenvalue weighted by Gasteiger charge is 2.39. The summed E-state index contributed by atoms with van der Waals surface area (Å²) in [7, 11) is 1.95. The minimum atomic E-state index is -1.71. The average Bonchev–Trinajstić information content (AvgIpc) is 3.31. The molecule has 65 heavy (non-hydrogen) atoms. The van der Waals surface area contributed by atoms with Gasteiger partial charge in [0.1, 0.15) is 43.4 Å². The van der Waals surface area contributed by atoms with Crippen molar-refractivity contribution in [1.29, 1.82) is 0 Å². The zero-order valence-corrected chi connectivity index (χ0v) is 38.1. The average molecular weight is 901 g/mol. The molecule has 0 N–H and O–H groups in total. The van der Waals surface area contributed by atoms with Crippen LogP contribution in [0.25, 0.3) is 22.3 Å². The summed E-state index contributed by atoms with van der Waals surface area (Å²) in [6, 6.07) is 18.5. The van der Waals surface area contributed by atoms with Crippen molar-refractivity contribution in [2.24, 2.45) is 11.3 Å². The highest BCUT2D eigenvalue weighted by atomic mass is 19.1. The molecule has 0 spiro atoms. The Kier molecular flexibility index (Phi) is 19.9. The molecule has 1 fully saturated rings. The number of carbonyl (C=O) groups is 6. The smallest absolute Gasteiger partial charge is 0.417 e. The Bertz CT molecular complexity index is 2140. The number of halogens is 1. The summed E-state index contributed by atoms with van der Waals surface area (Å²) in [5, 5.41) is 0. The molecule has 0 atom stereocenters. The van der Waals surface area contributed by atoms with Crippen LogP contribution in [0.15, 0.2) is 85.0 Å². The number of benzene rings is 3. The number of hydrogen-bond acceptors (Lipinski definition) is 13. The first-order chi connectivity index (χ1) is 31.1. The van der Waals surface area contributed by atoms with E-state index < -0.39 is 67.7 Å². The first-order valence-corrected chi connectivity index (χ1v) is 21.9. The van der Waals surface area contributed by atoms with Crippen LogP contribution in [0.5, 0.6) is 5.75 Å². The van der Waals surface area contributed by atoms with Crippen molar-refractivity contribution in [3.63, 3.8) is 0 Å². The van der Waals surface area contributed by atoms with Gasteiger partial charge < -0.3 is 33.2 Å². The van der Waals surface area contributed by atoms with E-state index >= 15 is 4.39 Å². The molecule has 3 aromatic rings. The van der Waals surface area contributed by atoms with Crippen molar-refractivity contribution in [2.45, 2.75) is 90.9 Å². The molecule has 4 rings (SSSR count). The molecule has 0 aliphatic heterocycles. The van der Waals surface area contributed by atoms with Gasteiger partial charge in [-0.2, -0.15) is 0 Å². The molecule has 3 aromatic carbocycles. The lowest BCUT2D eigenvalue weighted by molar-refractivity contribution is -0.177. The summed E-state index contributed by atoms with van der Waals surface area (Å²) in [4.78, 5) is 73.4. The predicted octanol–water partition coefficient (Wildman–Crippen LogP) is 8.98. The van der Waals surface area contributed by atoms with Crippen molar-refractivity contribution in [3.8, 4) is 28.0 Å². The van der Waals surface area contributed by atoms with Crippen molar-refractivity contribution in [3.05, 3.63) is 102 Å². The van der Waals surface area contributed by atoms with Crippen LogP contribution in [0.2, 0.25) is 0 Å². The second kappa shape index (κ2) is 25.2. The van der Waals surface area contributed by atoms with E-state index in [1.54, 1.807) is 25.1 Å². The van der Waals surface area contributed by atoms with Gasteiger partial charge in [0.25, 0.3) is 0 Å². The minimum Gasteiger partial charge on any atom is -0.492 e. The Balaban J connectivity index is 1.61. The van der Waals surface area contributed by atoms with Crippen LogP contribution in [0.1, 0.15) is 95.6 Å². The molecule has 0 heterocycles. The fraction of sp³-hybridized carbons (Fsp3) is 0.451. The van der Waals surface area contributed by atoms with E-state index in [2.05, 4.69) is 35.6 Å². The van der Waals surface area contributed by atoms with Gasteiger partial charge >= 0.3 is 35.8 Å². The van der Waals surface area contributed by atoms with Gasteiger partial charge in [-0.1, -0.05) is 88.2 Å². The molecule has 14 heteroatoms. The minimum absolute atomic E-state index is 0.0277. The number of methoxy groups -OCH3 is 2. The Morgan fingerprint density at radius 2 is 1.18 bits per heavy atom. The molecule has 0 unspecified atom stereocenters. The molecule has 0 amide bonds. The topological polar surface area (TPSA) is 167 Å². The van der Waals surface area contributed by atoms with E-state index in [0.717, 1.165) is 55.2 Å². The summed E-state index contributed by atoms with van der Waals surface area (Å²) < 4.78 is 52.1. The van der Waals surface area contributed by atoms with Gasteiger partial charge in [0, 0.05) is 16.7 Å². The van der Waals surface area contributed by atoms with Crippen LogP contribution in [0.4, 0.5) is 4.39 Å². The summed E-state index contributed by atoms with van der Waals surface area (Å²) in [5.74, 6) is -5.64. The van der Waals surface area contributed by atoms with E-state index in [1.807, 2.05) is 36.4 Å². The van der Waals surface area contributed by atoms with Crippen LogP contribution < -0.4 is 4.74 Å². The maximum absolute atomic E-state index is 15.7. The van der Waals surface area contributed by atoms with Gasteiger partial charge in [0.15, 0.2) is 0 Å². The highest BCUT2D eigenvalue weighted by Crippen LogP contribution is 2.39. The number of aryl methyl sites for hydroxylation is 1. The first-order valence-electron chi connectivity index (χ1n) is 21.9. The third kappa shape index (κ3) is 15.4. The van der Waals surface area contributed by atoms with Crippen LogP contribution in [-0.2, 0) is 63.6 Å². The fourth-order valence-electron chi connectivity index (χ4n) is 7.52. The second-order valence-corrected chi connectivity index (χ2v) is 16.7. The second-order valence-electron chi connectivity index (χ2n) is 16.7. The maximum atomic E-state index is 15.7. The number of hydrogen-bond donors (Lipinski definition) is 0. The number of esters is 6. The summed E-state index contributed by atoms with van der Waals surface area (Å²) in [5.41, 5.74) is 3.08. The van der Waals surface area contributed by atoms with Crippen LogP contribution in [0, 0.1) is 17.2 Å². The third-order valence-electron chi connectivity index (χ3n) is 11.4. The Hall–Kier alpha value is -6.31. The summed E-state index contributed by atoms with van der Waals surface area (Å²) in [6.45, 7) is 9.93. The molecular formula is C51H61FO13. The number of carbonyl (C=O) groups excluding carboxylic acids is 6. The van der Waals surface area contributed by atoms with Crippen LogP contribution in [0.3, 0.4) is 0 Å². The molecule has 0 saturated heterocycles. The zero-order chi connectivity index (χ0) is 47.5. The monoisotopic (exact) mass is 900 g/mol. The largest absolute Gasteiger partial charge is 0.492 e. The van der Waals surface area contributed by atoms with Crippen molar-refractivity contribution in [1.82, 2.24) is 0 Å². The zero-order valence-electron chi connectivity index (χ0n) is 38.1. The quantitative estimate of drug-likeness (QED) is 0.0309. The van der Waals surface area contributed by atoms with E-state index in [4.69, 9.17) is 23.7 Å². The van der Waals surface area contributed by atoms with E-state index in [1.165, 1.54) is 45.4 Å². The lowest BCUT2D eigenvalue weighted by atomic mass is 9.77. The van der Waals surface area contributed by atoms with Crippen molar-refractivity contribution >= 4 is 35.8 Å². The molecule has 350 valence electrons. The molecule has 0 radical (unpaired) electrons. The normalized spacial score (nSPS) is 14.6. The maximum Gasteiger partial charge on any atom is 0.417 e. The van der Waals surface area contributed by atoms with Gasteiger partial charge in [-0.15, -0.1) is 0 Å². The van der Waals surface area contributed by atoms with E-state index in [0.29, 0.717) is 35.6 Å². The highest BCUT2D eigenvalue weighted by molar-refractivity contribution is 6.30. The number of unbranched alkanes of at least 4 members (excludes halogenated alkanes) is 2. The lowest BCUT2D eigenvalue weighted by Crippen LogP contribution is -2.45. The van der Waals surface area contributed by atoms with Gasteiger partial charge in [0.05, 0.1) is 20.8 Å². The van der Waals surface area contributed by atoms with E-state index in [-0.39, 0.29) is 23.6 Å². The summed E-state index contributed by atoms with van der Waals surface area (Å²) in [6.07, 6.45) is 10.3. The first kappa shape index (κ1) is 51.3. The molecule has 13 nitrogen and oxygen atoms in total. The number of ether oxygens (including phenoxy) is 7. The van der Waals surface area contributed by atoms with E-state index in [9.17, 15) is 28.8 Å². The molecule has 1 aliphatic carbocycles. The van der Waals surface area contributed by atoms with Crippen LogP contribution >= 0.6 is 0 Å². The molecule has 1 aliphatic rings. The van der Waals surface area contributed by atoms with Crippen molar-refractivity contribution in [2.75, 3.05) is 47.3 Å².